The van der Waals surface area contributed by atoms with E-state index in [9.17, 15) is 9.59 Å². The number of hydrogen-bond acceptors (Lipinski definition) is 3. The highest BCUT2D eigenvalue weighted by molar-refractivity contribution is 5.87. The van der Waals surface area contributed by atoms with Crippen molar-refractivity contribution in [2.45, 2.75) is 46.7 Å². The second-order valence-electron chi connectivity index (χ2n) is 7.03. The van der Waals surface area contributed by atoms with E-state index >= 15 is 0 Å². The Morgan fingerprint density at radius 2 is 1.86 bits per heavy atom. The van der Waals surface area contributed by atoms with E-state index < -0.39 is 6.04 Å². The molecular formula is C23H30N2O3. The normalized spacial score (nSPS) is 11.6. The Bertz CT molecular complexity index is 804. The zero-order valence-corrected chi connectivity index (χ0v) is 17.2. The van der Waals surface area contributed by atoms with Gasteiger partial charge in [0.15, 0.2) is 6.61 Å². The van der Waals surface area contributed by atoms with E-state index in [4.69, 9.17) is 4.74 Å². The summed E-state index contributed by atoms with van der Waals surface area (Å²) in [6, 6.07) is 14.9. The van der Waals surface area contributed by atoms with Crippen molar-refractivity contribution in [2.24, 2.45) is 0 Å². The van der Waals surface area contributed by atoms with Gasteiger partial charge < -0.3 is 15.0 Å². The molecule has 5 heteroatoms. The summed E-state index contributed by atoms with van der Waals surface area (Å²) in [4.78, 5) is 27.0. The Kier molecular flexibility index (Phi) is 8.05. The highest BCUT2D eigenvalue weighted by Gasteiger charge is 2.26. The summed E-state index contributed by atoms with van der Waals surface area (Å²) in [5, 5.41) is 2.87. The van der Waals surface area contributed by atoms with Crippen LogP contribution < -0.4 is 10.1 Å². The number of amides is 2. The molecule has 1 atom stereocenters. The van der Waals surface area contributed by atoms with Gasteiger partial charge in [0.2, 0.25) is 5.91 Å². The number of carbonyl (C=O) groups excluding carboxylic acids is 2. The number of ether oxygens (including phenoxy) is 1. The minimum Gasteiger partial charge on any atom is -0.484 e. The number of carbonyl (C=O) groups is 2. The molecule has 28 heavy (non-hydrogen) atoms. The third-order valence-electron chi connectivity index (χ3n) is 4.60. The van der Waals surface area contributed by atoms with Crippen molar-refractivity contribution >= 4 is 11.8 Å². The van der Waals surface area contributed by atoms with Gasteiger partial charge in [-0.05, 0) is 44.4 Å². The summed E-state index contributed by atoms with van der Waals surface area (Å²) in [7, 11) is 0. The standard InChI is InChI=1S/C23H30N2O3/c1-5-13-24-23(27)19(4)25(15-20-11-8-9-17(2)14-20)22(26)16-28-21-12-7-6-10-18(21)3/h6-12,14,19H,5,13,15-16H2,1-4H3,(H,24,27). The summed E-state index contributed by atoms with van der Waals surface area (Å²) in [5.74, 6) is 0.303. The fraction of sp³-hybridized carbons (Fsp3) is 0.391. The Balaban J connectivity index is 2.14. The summed E-state index contributed by atoms with van der Waals surface area (Å²) >= 11 is 0. The van der Waals surface area contributed by atoms with Gasteiger partial charge in [-0.3, -0.25) is 9.59 Å². The molecule has 0 aliphatic carbocycles. The summed E-state index contributed by atoms with van der Waals surface area (Å²) in [6.45, 7) is 8.54. The first-order valence-corrected chi connectivity index (χ1v) is 9.73. The van der Waals surface area contributed by atoms with Crippen molar-refractivity contribution in [1.29, 1.82) is 0 Å². The molecule has 0 spiro atoms. The number of para-hydroxylation sites is 1. The zero-order valence-electron chi connectivity index (χ0n) is 17.2. The lowest BCUT2D eigenvalue weighted by molar-refractivity contribution is -0.142. The zero-order chi connectivity index (χ0) is 20.5. The summed E-state index contributed by atoms with van der Waals surface area (Å²) < 4.78 is 5.73. The highest BCUT2D eigenvalue weighted by atomic mass is 16.5. The molecule has 2 aromatic rings. The Hall–Kier alpha value is -2.82. The van der Waals surface area contributed by atoms with Crippen molar-refractivity contribution < 1.29 is 14.3 Å². The van der Waals surface area contributed by atoms with Gasteiger partial charge in [-0.15, -0.1) is 0 Å². The molecule has 0 aliphatic rings. The van der Waals surface area contributed by atoms with Crippen molar-refractivity contribution in [3.8, 4) is 5.75 Å². The molecule has 0 radical (unpaired) electrons. The SMILES string of the molecule is CCCNC(=O)C(C)N(Cc1cccc(C)c1)C(=O)COc1ccccc1C. The molecule has 0 heterocycles. The van der Waals surface area contributed by atoms with Crippen LogP contribution in [0.2, 0.25) is 0 Å². The van der Waals surface area contributed by atoms with Crippen molar-refractivity contribution in [1.82, 2.24) is 10.2 Å². The van der Waals surface area contributed by atoms with Gasteiger partial charge in [0, 0.05) is 13.1 Å². The smallest absolute Gasteiger partial charge is 0.261 e. The largest absolute Gasteiger partial charge is 0.484 e. The molecule has 0 aliphatic heterocycles. The van der Waals surface area contributed by atoms with E-state index in [0.29, 0.717) is 18.8 Å². The average Bonchev–Trinajstić information content (AvgIpc) is 2.69. The Morgan fingerprint density at radius 3 is 2.54 bits per heavy atom. The van der Waals surface area contributed by atoms with Crippen LogP contribution in [0, 0.1) is 13.8 Å². The van der Waals surface area contributed by atoms with Gasteiger partial charge >= 0.3 is 0 Å². The second-order valence-corrected chi connectivity index (χ2v) is 7.03. The summed E-state index contributed by atoms with van der Waals surface area (Å²) in [5.41, 5.74) is 3.07. The molecule has 1 unspecified atom stereocenters. The average molecular weight is 383 g/mol. The fourth-order valence-corrected chi connectivity index (χ4v) is 2.93. The van der Waals surface area contributed by atoms with E-state index in [0.717, 1.165) is 23.1 Å². The van der Waals surface area contributed by atoms with Crippen LogP contribution in [0.3, 0.4) is 0 Å². The first-order chi connectivity index (χ1) is 13.4. The number of nitrogens with zero attached hydrogens (tertiary/aromatic N) is 1. The number of aryl methyl sites for hydroxylation is 2. The van der Waals surface area contributed by atoms with E-state index in [-0.39, 0.29) is 18.4 Å². The minimum absolute atomic E-state index is 0.109. The number of hydrogen-bond donors (Lipinski definition) is 1. The molecule has 2 aromatic carbocycles. The lowest BCUT2D eigenvalue weighted by Crippen LogP contribution is -2.49. The van der Waals surface area contributed by atoms with Crippen LogP contribution in [0.5, 0.6) is 5.75 Å². The van der Waals surface area contributed by atoms with E-state index in [1.54, 1.807) is 11.8 Å². The molecule has 0 saturated heterocycles. The lowest BCUT2D eigenvalue weighted by atomic mass is 10.1. The van der Waals surface area contributed by atoms with Crippen molar-refractivity contribution in [3.63, 3.8) is 0 Å². The van der Waals surface area contributed by atoms with Gasteiger partial charge in [-0.25, -0.2) is 0 Å². The topological polar surface area (TPSA) is 58.6 Å². The maximum Gasteiger partial charge on any atom is 0.261 e. The Labute approximate surface area is 167 Å². The molecule has 0 bridgehead atoms. The van der Waals surface area contributed by atoms with Crippen LogP contribution >= 0.6 is 0 Å². The van der Waals surface area contributed by atoms with Crippen LogP contribution in [0.4, 0.5) is 0 Å². The van der Waals surface area contributed by atoms with Gasteiger partial charge in [0.05, 0.1) is 0 Å². The number of rotatable bonds is 9. The van der Waals surface area contributed by atoms with Crippen LogP contribution in [0.25, 0.3) is 0 Å². The monoisotopic (exact) mass is 382 g/mol. The predicted molar refractivity (Wildman–Crippen MR) is 111 cm³/mol. The molecule has 5 nitrogen and oxygen atoms in total. The molecule has 2 rings (SSSR count). The molecule has 0 fully saturated rings. The van der Waals surface area contributed by atoms with Crippen LogP contribution in [0.1, 0.15) is 37.0 Å². The van der Waals surface area contributed by atoms with Gasteiger partial charge in [-0.1, -0.05) is 55.0 Å². The van der Waals surface area contributed by atoms with Crippen LogP contribution in [0.15, 0.2) is 48.5 Å². The lowest BCUT2D eigenvalue weighted by Gasteiger charge is -2.29. The van der Waals surface area contributed by atoms with E-state index in [1.165, 1.54) is 0 Å². The first kappa shape index (κ1) is 21.5. The number of benzene rings is 2. The van der Waals surface area contributed by atoms with Crippen LogP contribution in [-0.2, 0) is 16.1 Å². The Morgan fingerprint density at radius 1 is 1.11 bits per heavy atom. The summed E-state index contributed by atoms with van der Waals surface area (Å²) in [6.07, 6.45) is 0.848. The second kappa shape index (κ2) is 10.5. The fourth-order valence-electron chi connectivity index (χ4n) is 2.93. The van der Waals surface area contributed by atoms with Crippen molar-refractivity contribution in [3.05, 3.63) is 65.2 Å². The predicted octanol–water partition coefficient (Wildman–Crippen LogP) is 3.63. The minimum atomic E-state index is -0.583. The third kappa shape index (κ3) is 6.12. The molecule has 150 valence electrons. The van der Waals surface area contributed by atoms with E-state index in [2.05, 4.69) is 5.32 Å². The van der Waals surface area contributed by atoms with Gasteiger partial charge in [0.25, 0.3) is 5.91 Å². The molecule has 1 N–H and O–H groups in total. The molecule has 2 amide bonds. The maximum absolute atomic E-state index is 13.0. The maximum atomic E-state index is 13.0. The molecule has 0 saturated carbocycles. The highest BCUT2D eigenvalue weighted by Crippen LogP contribution is 2.17. The number of nitrogens with one attached hydrogen (secondary N) is 1. The molecule has 0 aromatic heterocycles. The molecular weight excluding hydrogens is 352 g/mol. The van der Waals surface area contributed by atoms with Gasteiger partial charge in [0.1, 0.15) is 11.8 Å². The van der Waals surface area contributed by atoms with Gasteiger partial charge in [-0.2, -0.15) is 0 Å². The third-order valence-corrected chi connectivity index (χ3v) is 4.60. The van der Waals surface area contributed by atoms with Crippen molar-refractivity contribution in [2.75, 3.05) is 13.2 Å². The van der Waals surface area contributed by atoms with E-state index in [1.807, 2.05) is 69.3 Å². The van der Waals surface area contributed by atoms with Crippen LogP contribution in [-0.4, -0.2) is 35.9 Å². The first-order valence-electron chi connectivity index (χ1n) is 9.73. The quantitative estimate of drug-likeness (QED) is 0.721.